The summed E-state index contributed by atoms with van der Waals surface area (Å²) in [7, 11) is 6.90. The fourth-order valence-electron chi connectivity index (χ4n) is 4.08. The Hall–Kier alpha value is -2.36. The summed E-state index contributed by atoms with van der Waals surface area (Å²) in [5, 5.41) is 7.07. The van der Waals surface area contributed by atoms with E-state index in [1.165, 1.54) is 5.56 Å². The minimum absolute atomic E-state index is 0. The molecule has 2 aromatic carbocycles. The van der Waals surface area contributed by atoms with E-state index in [9.17, 15) is 0 Å². The van der Waals surface area contributed by atoms with Crippen LogP contribution in [0, 0.1) is 0 Å². The number of nitrogens with zero attached hydrogens (tertiary/aromatic N) is 2. The van der Waals surface area contributed by atoms with Gasteiger partial charge in [-0.1, -0.05) is 25.1 Å². The highest BCUT2D eigenvalue weighted by Gasteiger charge is 2.21. The van der Waals surface area contributed by atoms with E-state index in [1.807, 2.05) is 31.3 Å². The number of rotatable bonds is 8. The van der Waals surface area contributed by atoms with Gasteiger partial charge in [-0.2, -0.15) is 0 Å². The Labute approximate surface area is 214 Å². The van der Waals surface area contributed by atoms with Crippen molar-refractivity contribution in [2.75, 3.05) is 52.9 Å². The molecule has 0 aromatic heterocycles. The molecular formula is C25H37IN4O3. The van der Waals surface area contributed by atoms with Crippen molar-refractivity contribution >= 4 is 35.6 Å². The van der Waals surface area contributed by atoms with Crippen molar-refractivity contribution in [1.82, 2.24) is 10.6 Å². The number of piperidine rings is 1. The van der Waals surface area contributed by atoms with Gasteiger partial charge in [-0.05, 0) is 24.5 Å². The van der Waals surface area contributed by atoms with Gasteiger partial charge >= 0.3 is 0 Å². The number of hydrogen-bond acceptors (Lipinski definition) is 5. The van der Waals surface area contributed by atoms with Crippen LogP contribution in [0.15, 0.2) is 47.5 Å². The second-order valence-corrected chi connectivity index (χ2v) is 8.07. The van der Waals surface area contributed by atoms with Crippen LogP contribution in [0.1, 0.15) is 31.2 Å². The Kier molecular flexibility index (Phi) is 10.9. The number of aliphatic imine (C=N–C) groups is 1. The molecule has 1 atom stereocenters. The predicted octanol–water partition coefficient (Wildman–Crippen LogP) is 4.27. The lowest BCUT2D eigenvalue weighted by Crippen LogP contribution is -2.49. The molecule has 0 radical (unpaired) electrons. The normalized spacial score (nSPS) is 15.3. The van der Waals surface area contributed by atoms with Crippen molar-refractivity contribution in [3.63, 3.8) is 0 Å². The summed E-state index contributed by atoms with van der Waals surface area (Å²) < 4.78 is 16.3. The zero-order chi connectivity index (χ0) is 22.9. The monoisotopic (exact) mass is 568 g/mol. The first-order valence-corrected chi connectivity index (χ1v) is 11.2. The Morgan fingerprint density at radius 1 is 1.03 bits per heavy atom. The number of anilines is 1. The van der Waals surface area contributed by atoms with E-state index >= 15 is 0 Å². The molecule has 33 heavy (non-hydrogen) atoms. The molecule has 1 aliphatic heterocycles. The molecule has 1 unspecified atom stereocenters. The summed E-state index contributed by atoms with van der Waals surface area (Å²) in [5.74, 6) is 3.69. The van der Waals surface area contributed by atoms with Crippen LogP contribution in [0.2, 0.25) is 0 Å². The maximum absolute atomic E-state index is 5.50. The molecule has 2 aromatic rings. The first kappa shape index (κ1) is 26.9. The quantitative estimate of drug-likeness (QED) is 0.282. The van der Waals surface area contributed by atoms with Crippen LogP contribution in [-0.2, 0) is 0 Å². The van der Waals surface area contributed by atoms with Crippen LogP contribution in [0.3, 0.4) is 0 Å². The molecule has 2 N–H and O–H groups in total. The minimum Gasteiger partial charge on any atom is -0.497 e. The molecule has 1 aliphatic rings. The second-order valence-electron chi connectivity index (χ2n) is 8.07. The molecule has 7 nitrogen and oxygen atoms in total. The average molecular weight is 569 g/mol. The van der Waals surface area contributed by atoms with Gasteiger partial charge < -0.3 is 29.7 Å². The fraction of sp³-hybridized carbons (Fsp3) is 0.480. The zero-order valence-corrected chi connectivity index (χ0v) is 22.6. The minimum atomic E-state index is 0. The maximum Gasteiger partial charge on any atom is 0.191 e. The van der Waals surface area contributed by atoms with Gasteiger partial charge in [-0.25, -0.2) is 0 Å². The van der Waals surface area contributed by atoms with E-state index in [1.54, 1.807) is 21.3 Å². The maximum atomic E-state index is 5.50. The van der Waals surface area contributed by atoms with Crippen molar-refractivity contribution in [3.8, 4) is 17.2 Å². The fourth-order valence-corrected chi connectivity index (χ4v) is 4.08. The third-order valence-corrected chi connectivity index (χ3v) is 6.01. The predicted molar refractivity (Wildman–Crippen MR) is 146 cm³/mol. The lowest BCUT2D eigenvalue weighted by molar-refractivity contribution is 0.393. The van der Waals surface area contributed by atoms with E-state index in [4.69, 9.17) is 14.2 Å². The van der Waals surface area contributed by atoms with Crippen molar-refractivity contribution in [3.05, 3.63) is 48.0 Å². The van der Waals surface area contributed by atoms with Crippen molar-refractivity contribution in [1.29, 1.82) is 0 Å². The standard InChI is InChI=1S/C25H36N4O3.HI/c1-18(23-8-6-7-9-24(23)32-5)17-27-25(26-2)28-19-10-12-29(13-11-19)20-14-21(30-3)16-22(15-20)31-4;/h6-9,14-16,18-19H,10-13,17H2,1-5H3,(H2,26,27,28);1H. The molecule has 3 rings (SSSR count). The summed E-state index contributed by atoms with van der Waals surface area (Å²) >= 11 is 0. The second kappa shape index (κ2) is 13.4. The van der Waals surface area contributed by atoms with Crippen LogP contribution in [-0.4, -0.2) is 60.0 Å². The van der Waals surface area contributed by atoms with Crippen molar-refractivity contribution < 1.29 is 14.2 Å². The molecule has 1 heterocycles. The van der Waals surface area contributed by atoms with Gasteiger partial charge in [-0.3, -0.25) is 4.99 Å². The Morgan fingerprint density at radius 3 is 2.24 bits per heavy atom. The molecule has 0 aliphatic carbocycles. The van der Waals surface area contributed by atoms with Crippen LogP contribution < -0.4 is 29.7 Å². The third-order valence-electron chi connectivity index (χ3n) is 6.01. The van der Waals surface area contributed by atoms with E-state index in [2.05, 4.69) is 45.6 Å². The van der Waals surface area contributed by atoms with Crippen LogP contribution >= 0.6 is 24.0 Å². The number of ether oxygens (including phenoxy) is 3. The molecule has 1 fully saturated rings. The summed E-state index contributed by atoms with van der Waals surface area (Å²) in [6.45, 7) is 4.90. The van der Waals surface area contributed by atoms with Gasteiger partial charge in [0.15, 0.2) is 5.96 Å². The highest BCUT2D eigenvalue weighted by atomic mass is 127. The van der Waals surface area contributed by atoms with E-state index in [0.717, 1.165) is 61.4 Å². The molecule has 0 bridgehead atoms. The summed E-state index contributed by atoms with van der Waals surface area (Å²) in [6, 6.07) is 14.6. The van der Waals surface area contributed by atoms with Crippen molar-refractivity contribution in [2.45, 2.75) is 31.7 Å². The Bertz CT molecular complexity index is 879. The zero-order valence-electron chi connectivity index (χ0n) is 20.3. The molecule has 8 heteroatoms. The highest BCUT2D eigenvalue weighted by molar-refractivity contribution is 14.0. The lowest BCUT2D eigenvalue weighted by Gasteiger charge is -2.35. The number of para-hydroxylation sites is 1. The SMILES string of the molecule is CN=C(NCC(C)c1ccccc1OC)NC1CCN(c2cc(OC)cc(OC)c2)CC1.I. The molecule has 0 saturated carbocycles. The van der Waals surface area contributed by atoms with E-state index in [0.29, 0.717) is 12.0 Å². The third kappa shape index (κ3) is 7.31. The first-order chi connectivity index (χ1) is 15.6. The summed E-state index contributed by atoms with van der Waals surface area (Å²) in [4.78, 5) is 6.81. The Morgan fingerprint density at radius 2 is 1.67 bits per heavy atom. The first-order valence-electron chi connectivity index (χ1n) is 11.2. The molecular weight excluding hydrogens is 531 g/mol. The average Bonchev–Trinajstić information content (AvgIpc) is 2.86. The number of benzene rings is 2. The van der Waals surface area contributed by atoms with Gasteiger partial charge in [0.2, 0.25) is 0 Å². The van der Waals surface area contributed by atoms with Gasteiger partial charge in [0, 0.05) is 62.5 Å². The molecule has 0 spiro atoms. The molecule has 182 valence electrons. The topological polar surface area (TPSA) is 67.4 Å². The number of methoxy groups -OCH3 is 3. The number of guanidine groups is 1. The smallest absolute Gasteiger partial charge is 0.191 e. The molecule has 1 saturated heterocycles. The van der Waals surface area contributed by atoms with Gasteiger partial charge in [-0.15, -0.1) is 24.0 Å². The van der Waals surface area contributed by atoms with Gasteiger partial charge in [0.1, 0.15) is 17.2 Å². The summed E-state index contributed by atoms with van der Waals surface area (Å²) in [5.41, 5.74) is 2.33. The van der Waals surface area contributed by atoms with Gasteiger partial charge in [0.25, 0.3) is 0 Å². The van der Waals surface area contributed by atoms with Crippen LogP contribution in [0.25, 0.3) is 0 Å². The number of halogens is 1. The van der Waals surface area contributed by atoms with E-state index < -0.39 is 0 Å². The highest BCUT2D eigenvalue weighted by Crippen LogP contribution is 2.30. The van der Waals surface area contributed by atoms with Crippen LogP contribution in [0.4, 0.5) is 5.69 Å². The van der Waals surface area contributed by atoms with E-state index in [-0.39, 0.29) is 24.0 Å². The van der Waals surface area contributed by atoms with Crippen molar-refractivity contribution in [2.24, 2.45) is 4.99 Å². The number of hydrogen-bond donors (Lipinski definition) is 2. The van der Waals surface area contributed by atoms with Crippen LogP contribution in [0.5, 0.6) is 17.2 Å². The number of nitrogens with one attached hydrogen (secondary N) is 2. The largest absolute Gasteiger partial charge is 0.497 e. The summed E-state index contributed by atoms with van der Waals surface area (Å²) in [6.07, 6.45) is 2.06. The lowest BCUT2D eigenvalue weighted by atomic mass is 10.00. The molecule has 0 amide bonds. The van der Waals surface area contributed by atoms with Gasteiger partial charge in [0.05, 0.1) is 21.3 Å². The Balaban J connectivity index is 0.00000385.